The topological polar surface area (TPSA) is 65.7 Å². The van der Waals surface area contributed by atoms with E-state index in [9.17, 15) is 22.8 Å². The summed E-state index contributed by atoms with van der Waals surface area (Å²) in [6.45, 7) is 0. The van der Waals surface area contributed by atoms with Gasteiger partial charge in [-0.2, -0.15) is 13.2 Å². The molecule has 7 heteroatoms. The van der Waals surface area contributed by atoms with E-state index in [1.807, 2.05) is 4.98 Å². The summed E-state index contributed by atoms with van der Waals surface area (Å²) in [5.74, 6) is 0. The number of hydrogen-bond donors (Lipinski definition) is 2. The van der Waals surface area contributed by atoms with Gasteiger partial charge in [0.15, 0.2) is 0 Å². The second kappa shape index (κ2) is 3.69. The number of aromatic nitrogens is 2. The maximum absolute atomic E-state index is 11.8. The predicted molar refractivity (Wildman–Crippen MR) is 42.1 cm³/mol. The SMILES string of the molecule is O=c1[nH]cc(CCC(F)(F)F)c(=O)[nH]1. The molecular formula is C7H7F3N2O2. The van der Waals surface area contributed by atoms with Crippen molar-refractivity contribution in [3.63, 3.8) is 0 Å². The first kappa shape index (κ1) is 10.6. The van der Waals surface area contributed by atoms with E-state index in [4.69, 9.17) is 0 Å². The van der Waals surface area contributed by atoms with Gasteiger partial charge in [0.2, 0.25) is 0 Å². The number of aryl methyl sites for hydroxylation is 1. The highest BCUT2D eigenvalue weighted by molar-refractivity contribution is 5.03. The van der Waals surface area contributed by atoms with Crippen LogP contribution in [-0.4, -0.2) is 16.1 Å². The molecule has 0 aliphatic heterocycles. The summed E-state index contributed by atoms with van der Waals surface area (Å²) in [7, 11) is 0. The van der Waals surface area contributed by atoms with Gasteiger partial charge in [-0.25, -0.2) is 4.79 Å². The lowest BCUT2D eigenvalue weighted by Gasteiger charge is -2.04. The largest absolute Gasteiger partial charge is 0.389 e. The molecule has 2 N–H and O–H groups in total. The number of aromatic amines is 2. The van der Waals surface area contributed by atoms with Crippen LogP contribution in [0.15, 0.2) is 15.8 Å². The summed E-state index contributed by atoms with van der Waals surface area (Å²) >= 11 is 0. The molecule has 1 heterocycles. The maximum Gasteiger partial charge on any atom is 0.389 e. The lowest BCUT2D eigenvalue weighted by Crippen LogP contribution is -2.25. The molecule has 0 unspecified atom stereocenters. The number of nitrogens with one attached hydrogen (secondary N) is 2. The molecule has 0 aliphatic carbocycles. The van der Waals surface area contributed by atoms with Crippen LogP contribution in [0.1, 0.15) is 12.0 Å². The molecule has 0 aromatic carbocycles. The Kier molecular flexibility index (Phi) is 2.78. The van der Waals surface area contributed by atoms with E-state index in [1.54, 1.807) is 0 Å². The second-order valence-electron chi connectivity index (χ2n) is 2.71. The van der Waals surface area contributed by atoms with Crippen LogP contribution in [0, 0.1) is 0 Å². The first-order valence-corrected chi connectivity index (χ1v) is 3.76. The number of halogens is 3. The molecule has 1 aromatic rings. The zero-order valence-corrected chi connectivity index (χ0v) is 6.94. The highest BCUT2D eigenvalue weighted by atomic mass is 19.4. The van der Waals surface area contributed by atoms with Gasteiger partial charge in [0.1, 0.15) is 0 Å². The average molecular weight is 208 g/mol. The van der Waals surface area contributed by atoms with Gasteiger partial charge >= 0.3 is 11.9 Å². The van der Waals surface area contributed by atoms with Crippen LogP contribution < -0.4 is 11.2 Å². The molecule has 0 saturated carbocycles. The Balaban J connectivity index is 2.79. The van der Waals surface area contributed by atoms with E-state index < -0.39 is 30.3 Å². The Hall–Kier alpha value is -1.53. The van der Waals surface area contributed by atoms with Crippen molar-refractivity contribution in [1.82, 2.24) is 9.97 Å². The summed E-state index contributed by atoms with van der Waals surface area (Å²) < 4.78 is 35.3. The molecule has 0 fully saturated rings. The molecule has 14 heavy (non-hydrogen) atoms. The van der Waals surface area contributed by atoms with Crippen LogP contribution >= 0.6 is 0 Å². The number of H-pyrrole nitrogens is 2. The first-order valence-electron chi connectivity index (χ1n) is 3.76. The standard InChI is InChI=1S/C7H7F3N2O2/c8-7(9,10)2-1-4-3-11-6(14)12-5(4)13/h3H,1-2H2,(H2,11,12,13,14). The van der Waals surface area contributed by atoms with Gasteiger partial charge in [-0.1, -0.05) is 0 Å². The lowest BCUT2D eigenvalue weighted by atomic mass is 10.2. The number of hydrogen-bond acceptors (Lipinski definition) is 2. The van der Waals surface area contributed by atoms with Crippen molar-refractivity contribution >= 4 is 0 Å². The Morgan fingerprint density at radius 3 is 2.43 bits per heavy atom. The van der Waals surface area contributed by atoms with Gasteiger partial charge in [-0.05, 0) is 6.42 Å². The van der Waals surface area contributed by atoms with Gasteiger partial charge in [0.05, 0.1) is 0 Å². The zero-order chi connectivity index (χ0) is 10.8. The lowest BCUT2D eigenvalue weighted by molar-refractivity contribution is -0.134. The molecule has 0 saturated heterocycles. The van der Waals surface area contributed by atoms with Gasteiger partial charge in [0.25, 0.3) is 5.56 Å². The van der Waals surface area contributed by atoms with Gasteiger partial charge in [-0.15, -0.1) is 0 Å². The van der Waals surface area contributed by atoms with E-state index in [0.29, 0.717) is 0 Å². The van der Waals surface area contributed by atoms with Crippen molar-refractivity contribution in [2.45, 2.75) is 19.0 Å². The molecule has 78 valence electrons. The third kappa shape index (κ3) is 3.08. The van der Waals surface area contributed by atoms with Gasteiger partial charge in [0, 0.05) is 18.2 Å². The molecule has 0 spiro atoms. The minimum absolute atomic E-state index is 0.0816. The van der Waals surface area contributed by atoms with Crippen LogP contribution in [0.3, 0.4) is 0 Å². The fourth-order valence-electron chi connectivity index (χ4n) is 0.900. The Labute approximate surface area is 75.8 Å². The summed E-state index contributed by atoms with van der Waals surface area (Å²) in [6, 6.07) is 0. The molecule has 0 bridgehead atoms. The van der Waals surface area contributed by atoms with Crippen molar-refractivity contribution < 1.29 is 13.2 Å². The fourth-order valence-corrected chi connectivity index (χ4v) is 0.900. The highest BCUT2D eigenvalue weighted by Gasteiger charge is 2.26. The summed E-state index contributed by atoms with van der Waals surface area (Å²) in [6.07, 6.45) is -4.83. The van der Waals surface area contributed by atoms with Crippen molar-refractivity contribution in [2.24, 2.45) is 0 Å². The Morgan fingerprint density at radius 1 is 1.29 bits per heavy atom. The molecule has 4 nitrogen and oxygen atoms in total. The first-order chi connectivity index (χ1) is 6.38. The zero-order valence-electron chi connectivity index (χ0n) is 6.94. The molecule has 1 aromatic heterocycles. The van der Waals surface area contributed by atoms with Gasteiger partial charge in [-0.3, -0.25) is 9.78 Å². The highest BCUT2D eigenvalue weighted by Crippen LogP contribution is 2.20. The molecular weight excluding hydrogens is 201 g/mol. The monoisotopic (exact) mass is 208 g/mol. The van der Waals surface area contributed by atoms with Crippen LogP contribution in [0.5, 0.6) is 0 Å². The number of alkyl halides is 3. The Bertz CT molecular complexity index is 418. The quantitative estimate of drug-likeness (QED) is 0.745. The Morgan fingerprint density at radius 2 is 1.93 bits per heavy atom. The van der Waals surface area contributed by atoms with Crippen LogP contribution in [0.4, 0.5) is 13.2 Å². The minimum atomic E-state index is -4.30. The van der Waals surface area contributed by atoms with Crippen LogP contribution in [0.2, 0.25) is 0 Å². The molecule has 0 atom stereocenters. The van der Waals surface area contributed by atoms with E-state index in [1.165, 1.54) is 0 Å². The summed E-state index contributed by atoms with van der Waals surface area (Å²) in [4.78, 5) is 25.4. The van der Waals surface area contributed by atoms with Crippen molar-refractivity contribution in [1.29, 1.82) is 0 Å². The smallest absolute Gasteiger partial charge is 0.314 e. The van der Waals surface area contributed by atoms with E-state index in [-0.39, 0.29) is 5.56 Å². The molecule has 0 aliphatic rings. The molecule has 0 amide bonds. The van der Waals surface area contributed by atoms with Crippen LogP contribution in [0.25, 0.3) is 0 Å². The molecule has 0 radical (unpaired) electrons. The summed E-state index contributed by atoms with van der Waals surface area (Å²) in [5.41, 5.74) is -1.59. The number of rotatable bonds is 2. The normalized spacial score (nSPS) is 11.6. The average Bonchev–Trinajstić information content (AvgIpc) is 2.00. The van der Waals surface area contributed by atoms with E-state index in [0.717, 1.165) is 6.20 Å². The third-order valence-corrected chi connectivity index (χ3v) is 1.57. The van der Waals surface area contributed by atoms with E-state index in [2.05, 4.69) is 4.98 Å². The van der Waals surface area contributed by atoms with E-state index >= 15 is 0 Å². The van der Waals surface area contributed by atoms with Crippen molar-refractivity contribution in [3.8, 4) is 0 Å². The summed E-state index contributed by atoms with van der Waals surface area (Å²) in [5, 5.41) is 0. The third-order valence-electron chi connectivity index (χ3n) is 1.57. The molecule has 1 rings (SSSR count). The van der Waals surface area contributed by atoms with Gasteiger partial charge < -0.3 is 4.98 Å². The predicted octanol–water partition coefficient (Wildman–Crippen LogP) is 0.558. The fraction of sp³-hybridized carbons (Fsp3) is 0.429. The maximum atomic E-state index is 11.8. The van der Waals surface area contributed by atoms with Crippen molar-refractivity contribution in [3.05, 3.63) is 32.6 Å². The van der Waals surface area contributed by atoms with Crippen LogP contribution in [-0.2, 0) is 6.42 Å². The second-order valence-corrected chi connectivity index (χ2v) is 2.71. The van der Waals surface area contributed by atoms with Crippen molar-refractivity contribution in [2.75, 3.05) is 0 Å². The minimum Gasteiger partial charge on any atom is -0.314 e.